The van der Waals surface area contributed by atoms with Crippen LogP contribution >= 0.6 is 11.6 Å². The maximum Gasteiger partial charge on any atom is 0.244 e. The second-order valence-electron chi connectivity index (χ2n) is 4.81. The molecule has 0 aliphatic heterocycles. The molecule has 7 heteroatoms. The van der Waals surface area contributed by atoms with Gasteiger partial charge >= 0.3 is 0 Å². The minimum Gasteiger partial charge on any atom is -0.337 e. The number of halogens is 1. The first kappa shape index (κ1) is 15.5. The van der Waals surface area contributed by atoms with E-state index in [1.54, 1.807) is 18.1 Å². The standard InChI is InChI=1S/C14H18ClN5O/c1-10(12-5-3-4-6-13(12)15)19(2)14(21)9-20-8-11(7-16)17-18-20/h3-6,8,10H,7,9,16H2,1-2H3. The van der Waals surface area contributed by atoms with Gasteiger partial charge in [-0.2, -0.15) is 0 Å². The van der Waals surface area contributed by atoms with Crippen LogP contribution in [0.25, 0.3) is 0 Å². The highest BCUT2D eigenvalue weighted by atomic mass is 35.5. The summed E-state index contributed by atoms with van der Waals surface area (Å²) in [4.78, 5) is 13.9. The fourth-order valence-corrected chi connectivity index (χ4v) is 2.29. The smallest absolute Gasteiger partial charge is 0.244 e. The van der Waals surface area contributed by atoms with Crippen LogP contribution in [0.1, 0.15) is 24.2 Å². The maximum absolute atomic E-state index is 12.3. The molecule has 0 saturated heterocycles. The Hall–Kier alpha value is -1.92. The number of hydrogen-bond donors (Lipinski definition) is 1. The second-order valence-corrected chi connectivity index (χ2v) is 5.22. The average Bonchev–Trinajstić information content (AvgIpc) is 2.93. The van der Waals surface area contributed by atoms with Gasteiger partial charge in [-0.1, -0.05) is 35.0 Å². The van der Waals surface area contributed by atoms with Gasteiger partial charge in [0, 0.05) is 18.6 Å². The Balaban J connectivity index is 2.06. The van der Waals surface area contributed by atoms with E-state index in [1.807, 2.05) is 31.2 Å². The van der Waals surface area contributed by atoms with Crippen molar-refractivity contribution in [2.45, 2.75) is 26.1 Å². The molecule has 0 saturated carbocycles. The van der Waals surface area contributed by atoms with Crippen LogP contribution in [0.3, 0.4) is 0 Å². The zero-order valence-corrected chi connectivity index (χ0v) is 12.8. The van der Waals surface area contributed by atoms with Crippen molar-refractivity contribution in [3.8, 4) is 0 Å². The van der Waals surface area contributed by atoms with Crippen LogP contribution in [0.4, 0.5) is 0 Å². The first-order chi connectivity index (χ1) is 10.0. The van der Waals surface area contributed by atoms with E-state index in [0.717, 1.165) is 5.56 Å². The monoisotopic (exact) mass is 307 g/mol. The lowest BCUT2D eigenvalue weighted by atomic mass is 10.1. The molecule has 0 spiro atoms. The van der Waals surface area contributed by atoms with E-state index in [1.165, 1.54) is 4.68 Å². The Morgan fingerprint density at radius 2 is 2.19 bits per heavy atom. The van der Waals surface area contributed by atoms with Gasteiger partial charge in [-0.3, -0.25) is 4.79 Å². The lowest BCUT2D eigenvalue weighted by Crippen LogP contribution is -2.32. The number of hydrogen-bond acceptors (Lipinski definition) is 4. The summed E-state index contributed by atoms with van der Waals surface area (Å²) in [6.07, 6.45) is 1.67. The minimum absolute atomic E-state index is 0.0732. The first-order valence-electron chi connectivity index (χ1n) is 6.62. The van der Waals surface area contributed by atoms with Crippen LogP contribution in [0.2, 0.25) is 5.02 Å². The third-order valence-electron chi connectivity index (χ3n) is 3.42. The number of rotatable bonds is 5. The molecule has 1 atom stereocenters. The summed E-state index contributed by atoms with van der Waals surface area (Å²) in [5, 5.41) is 8.38. The molecule has 6 nitrogen and oxygen atoms in total. The highest BCUT2D eigenvalue weighted by molar-refractivity contribution is 6.31. The minimum atomic E-state index is -0.122. The summed E-state index contributed by atoms with van der Waals surface area (Å²) in [5.41, 5.74) is 7.04. The summed E-state index contributed by atoms with van der Waals surface area (Å²) in [7, 11) is 1.75. The molecular formula is C14H18ClN5O. The number of nitrogens with two attached hydrogens (primary N) is 1. The molecule has 112 valence electrons. The molecule has 0 bridgehead atoms. The van der Waals surface area contributed by atoms with Crippen molar-refractivity contribution in [3.05, 3.63) is 46.7 Å². The highest BCUT2D eigenvalue weighted by Gasteiger charge is 2.19. The summed E-state index contributed by atoms with van der Waals surface area (Å²) in [5.74, 6) is -0.0732. The van der Waals surface area contributed by atoms with E-state index < -0.39 is 0 Å². The molecule has 1 aromatic heterocycles. The number of carbonyl (C=O) groups is 1. The number of nitrogens with zero attached hydrogens (tertiary/aromatic N) is 4. The second kappa shape index (κ2) is 6.69. The SMILES string of the molecule is CC(c1ccccc1Cl)N(C)C(=O)Cn1cc(CN)nn1. The van der Waals surface area contributed by atoms with Crippen LogP contribution in [-0.2, 0) is 17.9 Å². The molecule has 2 rings (SSSR count). The van der Waals surface area contributed by atoms with Crippen molar-refractivity contribution >= 4 is 17.5 Å². The third-order valence-corrected chi connectivity index (χ3v) is 3.77. The number of amides is 1. The Labute approximate surface area is 128 Å². The van der Waals surface area contributed by atoms with Crippen molar-refractivity contribution < 1.29 is 4.79 Å². The largest absolute Gasteiger partial charge is 0.337 e. The molecule has 2 aromatic rings. The Morgan fingerprint density at radius 1 is 1.48 bits per heavy atom. The Morgan fingerprint density at radius 3 is 2.81 bits per heavy atom. The van der Waals surface area contributed by atoms with E-state index in [9.17, 15) is 4.79 Å². The summed E-state index contributed by atoms with van der Waals surface area (Å²) in [6, 6.07) is 7.38. The average molecular weight is 308 g/mol. The Bertz CT molecular complexity index is 627. The highest BCUT2D eigenvalue weighted by Crippen LogP contribution is 2.26. The summed E-state index contributed by atoms with van der Waals surface area (Å²) < 4.78 is 1.49. The van der Waals surface area contributed by atoms with Crippen molar-refractivity contribution in [2.24, 2.45) is 5.73 Å². The molecule has 1 aromatic carbocycles. The van der Waals surface area contributed by atoms with E-state index in [2.05, 4.69) is 10.3 Å². The van der Waals surface area contributed by atoms with Gasteiger partial charge < -0.3 is 10.6 Å². The number of benzene rings is 1. The van der Waals surface area contributed by atoms with Crippen molar-refractivity contribution in [3.63, 3.8) is 0 Å². The number of likely N-dealkylation sites (N-methyl/N-ethyl adjacent to an activating group) is 1. The topological polar surface area (TPSA) is 77.0 Å². The lowest BCUT2D eigenvalue weighted by Gasteiger charge is -2.26. The molecule has 0 aliphatic rings. The first-order valence-corrected chi connectivity index (χ1v) is 7.00. The van der Waals surface area contributed by atoms with Gasteiger partial charge in [0.05, 0.1) is 17.9 Å². The van der Waals surface area contributed by atoms with Gasteiger partial charge in [-0.25, -0.2) is 4.68 Å². The fourth-order valence-electron chi connectivity index (χ4n) is 2.00. The van der Waals surface area contributed by atoms with Gasteiger partial charge in [0.1, 0.15) is 6.54 Å². The van der Waals surface area contributed by atoms with E-state index in [-0.39, 0.29) is 18.5 Å². The molecule has 1 heterocycles. The molecule has 0 aliphatic carbocycles. The zero-order chi connectivity index (χ0) is 15.4. The van der Waals surface area contributed by atoms with Crippen LogP contribution in [0.15, 0.2) is 30.5 Å². The van der Waals surface area contributed by atoms with Gasteiger partial charge in [0.25, 0.3) is 0 Å². The van der Waals surface area contributed by atoms with Crippen molar-refractivity contribution in [1.82, 2.24) is 19.9 Å². The summed E-state index contributed by atoms with van der Waals surface area (Å²) >= 11 is 6.17. The third kappa shape index (κ3) is 3.59. The van der Waals surface area contributed by atoms with Crippen LogP contribution in [0, 0.1) is 0 Å². The number of aromatic nitrogens is 3. The molecule has 0 radical (unpaired) electrons. The van der Waals surface area contributed by atoms with Crippen LogP contribution < -0.4 is 5.73 Å². The van der Waals surface area contributed by atoms with Gasteiger partial charge in [0.2, 0.25) is 5.91 Å². The van der Waals surface area contributed by atoms with E-state index in [0.29, 0.717) is 17.3 Å². The van der Waals surface area contributed by atoms with Crippen molar-refractivity contribution in [1.29, 1.82) is 0 Å². The van der Waals surface area contributed by atoms with E-state index >= 15 is 0 Å². The van der Waals surface area contributed by atoms with Gasteiger partial charge in [-0.05, 0) is 18.6 Å². The van der Waals surface area contributed by atoms with Crippen LogP contribution in [0.5, 0.6) is 0 Å². The molecule has 2 N–H and O–H groups in total. The van der Waals surface area contributed by atoms with Crippen LogP contribution in [-0.4, -0.2) is 32.8 Å². The normalized spacial score (nSPS) is 12.2. The Kier molecular flexibility index (Phi) is 4.93. The molecule has 1 unspecified atom stereocenters. The quantitative estimate of drug-likeness (QED) is 0.910. The molecule has 21 heavy (non-hydrogen) atoms. The lowest BCUT2D eigenvalue weighted by molar-refractivity contribution is -0.132. The predicted molar refractivity (Wildman–Crippen MR) is 80.6 cm³/mol. The van der Waals surface area contributed by atoms with Gasteiger partial charge in [-0.15, -0.1) is 5.10 Å². The maximum atomic E-state index is 12.3. The number of carbonyl (C=O) groups excluding carboxylic acids is 1. The molecule has 0 fully saturated rings. The van der Waals surface area contributed by atoms with Gasteiger partial charge in [0.15, 0.2) is 0 Å². The van der Waals surface area contributed by atoms with Crippen molar-refractivity contribution in [2.75, 3.05) is 7.05 Å². The fraction of sp³-hybridized carbons (Fsp3) is 0.357. The summed E-state index contributed by atoms with van der Waals surface area (Å²) in [6.45, 7) is 2.37. The van der Waals surface area contributed by atoms with E-state index in [4.69, 9.17) is 17.3 Å². The molecular weight excluding hydrogens is 290 g/mol. The predicted octanol–water partition coefficient (Wildman–Crippen LogP) is 1.61. The molecule has 1 amide bonds. The zero-order valence-electron chi connectivity index (χ0n) is 12.0.